The van der Waals surface area contributed by atoms with Crippen LogP contribution in [0, 0.1) is 0 Å². The SMILES string of the molecule is NC1Cc2cc3c(c(O)c2C1)C(=O)O3. The van der Waals surface area contributed by atoms with Crippen LogP contribution in [0.4, 0.5) is 0 Å². The molecule has 0 fully saturated rings. The Morgan fingerprint density at radius 1 is 1.50 bits per heavy atom. The Kier molecular flexibility index (Phi) is 1.27. The second kappa shape index (κ2) is 2.27. The number of ether oxygens (including phenoxy) is 1. The van der Waals surface area contributed by atoms with Crippen molar-refractivity contribution in [3.63, 3.8) is 0 Å². The molecule has 3 N–H and O–H groups in total. The van der Waals surface area contributed by atoms with Crippen molar-refractivity contribution in [2.24, 2.45) is 5.73 Å². The fraction of sp³-hybridized carbons (Fsp3) is 0.300. The minimum Gasteiger partial charge on any atom is -0.507 e. The van der Waals surface area contributed by atoms with Crippen LogP contribution in [0.1, 0.15) is 21.5 Å². The smallest absolute Gasteiger partial charge is 0.351 e. The van der Waals surface area contributed by atoms with Crippen LogP contribution in [0.25, 0.3) is 0 Å². The molecule has 3 rings (SSSR count). The van der Waals surface area contributed by atoms with E-state index in [1.54, 1.807) is 6.07 Å². The molecule has 0 radical (unpaired) electrons. The molecule has 72 valence electrons. The first-order valence-corrected chi connectivity index (χ1v) is 4.52. The van der Waals surface area contributed by atoms with Crippen LogP contribution in [0.15, 0.2) is 6.07 Å². The van der Waals surface area contributed by atoms with Crippen LogP contribution < -0.4 is 10.5 Å². The van der Waals surface area contributed by atoms with E-state index in [1.165, 1.54) is 0 Å². The first-order chi connectivity index (χ1) is 6.66. The molecule has 0 spiro atoms. The predicted molar refractivity (Wildman–Crippen MR) is 48.4 cm³/mol. The monoisotopic (exact) mass is 191 g/mol. The van der Waals surface area contributed by atoms with Gasteiger partial charge in [-0.15, -0.1) is 0 Å². The fourth-order valence-electron chi connectivity index (χ4n) is 2.15. The molecule has 14 heavy (non-hydrogen) atoms. The zero-order valence-electron chi connectivity index (χ0n) is 7.41. The van der Waals surface area contributed by atoms with Gasteiger partial charge in [-0.2, -0.15) is 0 Å². The minimum atomic E-state index is -0.444. The van der Waals surface area contributed by atoms with E-state index in [-0.39, 0.29) is 11.8 Å². The van der Waals surface area contributed by atoms with Gasteiger partial charge in [0, 0.05) is 6.04 Å². The zero-order valence-corrected chi connectivity index (χ0v) is 7.41. The highest BCUT2D eigenvalue weighted by atomic mass is 16.6. The average Bonchev–Trinajstić information content (AvgIpc) is 2.44. The number of phenols is 1. The Morgan fingerprint density at radius 3 is 3.00 bits per heavy atom. The summed E-state index contributed by atoms with van der Waals surface area (Å²) >= 11 is 0. The Morgan fingerprint density at radius 2 is 2.29 bits per heavy atom. The molecule has 0 bridgehead atoms. The van der Waals surface area contributed by atoms with Gasteiger partial charge in [0.25, 0.3) is 0 Å². The van der Waals surface area contributed by atoms with Gasteiger partial charge in [0.15, 0.2) is 0 Å². The molecule has 1 aliphatic heterocycles. The number of esters is 1. The number of fused-ring (bicyclic) bond motifs is 2. The van der Waals surface area contributed by atoms with E-state index < -0.39 is 5.97 Å². The van der Waals surface area contributed by atoms with E-state index >= 15 is 0 Å². The molecule has 1 atom stereocenters. The van der Waals surface area contributed by atoms with Gasteiger partial charge < -0.3 is 15.6 Å². The van der Waals surface area contributed by atoms with Crippen molar-refractivity contribution in [3.8, 4) is 11.5 Å². The topological polar surface area (TPSA) is 72.5 Å². The fourth-order valence-corrected chi connectivity index (χ4v) is 2.15. The maximum Gasteiger partial charge on any atom is 0.351 e. The Balaban J connectivity index is 2.23. The van der Waals surface area contributed by atoms with Crippen molar-refractivity contribution in [2.45, 2.75) is 18.9 Å². The van der Waals surface area contributed by atoms with Crippen LogP contribution in [0.5, 0.6) is 11.5 Å². The van der Waals surface area contributed by atoms with Crippen molar-refractivity contribution < 1.29 is 14.6 Å². The van der Waals surface area contributed by atoms with Gasteiger partial charge in [0.2, 0.25) is 0 Å². The number of carbonyl (C=O) groups excluding carboxylic acids is 1. The van der Waals surface area contributed by atoms with Crippen LogP contribution >= 0.6 is 0 Å². The maximum absolute atomic E-state index is 11.0. The van der Waals surface area contributed by atoms with Gasteiger partial charge >= 0.3 is 5.97 Å². The van der Waals surface area contributed by atoms with Crippen molar-refractivity contribution >= 4 is 5.97 Å². The number of aromatic hydroxyl groups is 1. The average molecular weight is 191 g/mol. The number of carbonyl (C=O) groups is 1. The molecular formula is C10H9NO3. The van der Waals surface area contributed by atoms with Crippen LogP contribution in [-0.4, -0.2) is 17.1 Å². The molecule has 1 aliphatic carbocycles. The molecule has 0 saturated heterocycles. The Labute approximate surface area is 80.3 Å². The largest absolute Gasteiger partial charge is 0.507 e. The first kappa shape index (κ1) is 7.82. The third-order valence-electron chi connectivity index (χ3n) is 2.82. The van der Waals surface area contributed by atoms with Crippen molar-refractivity contribution in [1.29, 1.82) is 0 Å². The van der Waals surface area contributed by atoms with Gasteiger partial charge in [0.1, 0.15) is 17.1 Å². The van der Waals surface area contributed by atoms with Crippen LogP contribution in [-0.2, 0) is 12.8 Å². The normalized spacial score (nSPS) is 22.4. The first-order valence-electron chi connectivity index (χ1n) is 4.52. The summed E-state index contributed by atoms with van der Waals surface area (Å²) < 4.78 is 4.79. The molecule has 4 heteroatoms. The lowest BCUT2D eigenvalue weighted by Crippen LogP contribution is -2.21. The second-order valence-electron chi connectivity index (χ2n) is 3.79. The van der Waals surface area contributed by atoms with Crippen molar-refractivity contribution in [3.05, 3.63) is 22.8 Å². The lowest BCUT2D eigenvalue weighted by Gasteiger charge is -2.20. The van der Waals surface area contributed by atoms with Gasteiger partial charge in [-0.1, -0.05) is 0 Å². The third-order valence-corrected chi connectivity index (χ3v) is 2.82. The molecule has 2 aliphatic rings. The van der Waals surface area contributed by atoms with E-state index in [0.717, 1.165) is 17.5 Å². The summed E-state index contributed by atoms with van der Waals surface area (Å²) in [6.45, 7) is 0. The zero-order chi connectivity index (χ0) is 9.87. The number of rotatable bonds is 0. The predicted octanol–water partition coefficient (Wildman–Crippen LogP) is 0.351. The lowest BCUT2D eigenvalue weighted by atomic mass is 10.0. The van der Waals surface area contributed by atoms with E-state index in [0.29, 0.717) is 17.7 Å². The van der Waals surface area contributed by atoms with Crippen molar-refractivity contribution in [1.82, 2.24) is 0 Å². The Bertz CT molecular complexity index is 453. The molecule has 4 nitrogen and oxygen atoms in total. The molecule has 1 aromatic carbocycles. The summed E-state index contributed by atoms with van der Waals surface area (Å²) in [5, 5.41) is 9.78. The number of hydrogen-bond donors (Lipinski definition) is 2. The van der Waals surface area contributed by atoms with E-state index in [4.69, 9.17) is 10.5 Å². The van der Waals surface area contributed by atoms with Crippen LogP contribution in [0.2, 0.25) is 0 Å². The van der Waals surface area contributed by atoms with Gasteiger partial charge in [-0.25, -0.2) is 4.79 Å². The van der Waals surface area contributed by atoms with E-state index in [9.17, 15) is 9.90 Å². The maximum atomic E-state index is 11.0. The van der Waals surface area contributed by atoms with Crippen LogP contribution in [0.3, 0.4) is 0 Å². The summed E-state index contributed by atoms with van der Waals surface area (Å²) in [5.41, 5.74) is 7.90. The van der Waals surface area contributed by atoms with E-state index in [2.05, 4.69) is 0 Å². The van der Waals surface area contributed by atoms with Gasteiger partial charge in [-0.3, -0.25) is 0 Å². The van der Waals surface area contributed by atoms with Crippen molar-refractivity contribution in [2.75, 3.05) is 0 Å². The molecule has 1 unspecified atom stereocenters. The highest BCUT2D eigenvalue weighted by Crippen LogP contribution is 2.43. The molecule has 0 saturated carbocycles. The highest BCUT2D eigenvalue weighted by Gasteiger charge is 2.35. The summed E-state index contributed by atoms with van der Waals surface area (Å²) in [6, 6.07) is 1.85. The number of benzene rings is 1. The second-order valence-corrected chi connectivity index (χ2v) is 3.79. The quantitative estimate of drug-likeness (QED) is 0.580. The Hall–Kier alpha value is -1.55. The lowest BCUT2D eigenvalue weighted by molar-refractivity contribution is 0.0652. The van der Waals surface area contributed by atoms with E-state index in [1.807, 2.05) is 0 Å². The number of nitrogens with two attached hydrogens (primary N) is 1. The number of hydrogen-bond acceptors (Lipinski definition) is 4. The molecular weight excluding hydrogens is 182 g/mol. The molecule has 1 aromatic rings. The van der Waals surface area contributed by atoms with Gasteiger partial charge in [0.05, 0.1) is 0 Å². The molecule has 1 heterocycles. The standard InChI is InChI=1S/C10H9NO3/c11-5-1-4-2-7-8(10(13)14-7)9(12)6(4)3-5/h2,5,12H,1,3,11H2. The van der Waals surface area contributed by atoms with Gasteiger partial charge in [-0.05, 0) is 30.0 Å². The summed E-state index contributed by atoms with van der Waals surface area (Å²) in [4.78, 5) is 11.0. The highest BCUT2D eigenvalue weighted by molar-refractivity contribution is 6.04. The summed E-state index contributed by atoms with van der Waals surface area (Å²) in [5.74, 6) is 0.114. The summed E-state index contributed by atoms with van der Waals surface area (Å²) in [6.07, 6.45) is 1.38. The third kappa shape index (κ3) is 0.786. The molecule has 0 amide bonds. The summed E-state index contributed by atoms with van der Waals surface area (Å²) in [7, 11) is 0. The molecule has 0 aromatic heterocycles. The number of phenolic OH excluding ortho intramolecular Hbond substituents is 1. The minimum absolute atomic E-state index is 0.0483.